The van der Waals surface area contributed by atoms with Crippen molar-refractivity contribution in [3.05, 3.63) is 59.6 Å². The van der Waals surface area contributed by atoms with E-state index in [-0.39, 0.29) is 5.91 Å². The van der Waals surface area contributed by atoms with Gasteiger partial charge in [-0.15, -0.1) is 0 Å². The first kappa shape index (κ1) is 18.7. The number of amides is 1. The topological polar surface area (TPSA) is 85.0 Å². The fourth-order valence-corrected chi connectivity index (χ4v) is 2.83. The van der Waals surface area contributed by atoms with Gasteiger partial charge in [0.25, 0.3) is 0 Å². The minimum atomic E-state index is 0.0834. The zero-order valence-electron chi connectivity index (χ0n) is 15.8. The van der Waals surface area contributed by atoms with Gasteiger partial charge in [-0.05, 0) is 44.4 Å². The molecule has 0 aliphatic heterocycles. The number of pyridine rings is 1. The van der Waals surface area contributed by atoms with Crippen molar-refractivity contribution in [2.24, 2.45) is 0 Å². The lowest BCUT2D eigenvalue weighted by molar-refractivity contribution is -0.130. The molecule has 3 aromatic heterocycles. The van der Waals surface area contributed by atoms with E-state index in [1.807, 2.05) is 32.0 Å². The van der Waals surface area contributed by atoms with Crippen LogP contribution >= 0.6 is 0 Å². The number of nitrogens with zero attached hydrogens (tertiary/aromatic N) is 5. The van der Waals surface area contributed by atoms with Crippen molar-refractivity contribution in [2.45, 2.75) is 39.7 Å². The number of hydrogen-bond donors (Lipinski definition) is 0. The Kier molecular flexibility index (Phi) is 5.90. The second kappa shape index (κ2) is 8.53. The highest BCUT2D eigenvalue weighted by Gasteiger charge is 2.17. The summed E-state index contributed by atoms with van der Waals surface area (Å²) in [5, 5.41) is 3.92. The molecule has 3 heterocycles. The van der Waals surface area contributed by atoms with E-state index in [2.05, 4.69) is 20.1 Å². The summed E-state index contributed by atoms with van der Waals surface area (Å²) in [5.74, 6) is 1.35. The molecule has 3 aromatic rings. The van der Waals surface area contributed by atoms with E-state index in [1.54, 1.807) is 30.5 Å². The average Bonchev–Trinajstić information content (AvgIpc) is 3.08. The first-order valence-corrected chi connectivity index (χ1v) is 8.92. The Morgan fingerprint density at radius 3 is 2.70 bits per heavy atom. The number of carbonyl (C=O) groups is 1. The van der Waals surface area contributed by atoms with Crippen LogP contribution in [0.25, 0.3) is 11.3 Å². The van der Waals surface area contributed by atoms with Gasteiger partial charge in [0.1, 0.15) is 5.82 Å². The van der Waals surface area contributed by atoms with Gasteiger partial charge in [0.15, 0.2) is 5.76 Å². The van der Waals surface area contributed by atoms with E-state index in [9.17, 15) is 4.79 Å². The van der Waals surface area contributed by atoms with Crippen LogP contribution in [-0.2, 0) is 17.8 Å². The highest BCUT2D eigenvalue weighted by atomic mass is 16.5. The molecule has 0 saturated carbocycles. The highest BCUT2D eigenvalue weighted by Crippen LogP contribution is 2.23. The maximum Gasteiger partial charge on any atom is 0.222 e. The van der Waals surface area contributed by atoms with Crippen LogP contribution in [0.4, 0.5) is 0 Å². The number of aromatic nitrogens is 4. The van der Waals surface area contributed by atoms with Crippen molar-refractivity contribution in [1.29, 1.82) is 0 Å². The van der Waals surface area contributed by atoms with Crippen LogP contribution in [0, 0.1) is 13.8 Å². The van der Waals surface area contributed by atoms with Crippen LogP contribution in [0.5, 0.6) is 0 Å². The van der Waals surface area contributed by atoms with Gasteiger partial charge in [-0.25, -0.2) is 9.97 Å². The third kappa shape index (κ3) is 4.97. The molecule has 1 amide bonds. The van der Waals surface area contributed by atoms with E-state index in [0.29, 0.717) is 24.6 Å². The van der Waals surface area contributed by atoms with Crippen molar-refractivity contribution in [1.82, 2.24) is 25.0 Å². The molecule has 0 aliphatic carbocycles. The average molecular weight is 365 g/mol. The van der Waals surface area contributed by atoms with Gasteiger partial charge in [0.2, 0.25) is 5.91 Å². The molecule has 0 unspecified atom stereocenters. The van der Waals surface area contributed by atoms with Crippen LogP contribution in [0.15, 0.2) is 41.3 Å². The first-order chi connectivity index (χ1) is 13.0. The summed E-state index contributed by atoms with van der Waals surface area (Å²) in [7, 11) is 1.79. The summed E-state index contributed by atoms with van der Waals surface area (Å²) in [4.78, 5) is 27.0. The Morgan fingerprint density at radius 1 is 1.22 bits per heavy atom. The van der Waals surface area contributed by atoms with Gasteiger partial charge in [-0.1, -0.05) is 5.16 Å². The predicted octanol–water partition coefficient (Wildman–Crippen LogP) is 3.12. The molecular weight excluding hydrogens is 342 g/mol. The molecule has 140 valence electrons. The van der Waals surface area contributed by atoms with Gasteiger partial charge in [-0.2, -0.15) is 0 Å². The normalized spacial score (nSPS) is 10.8. The maximum absolute atomic E-state index is 12.5. The molecule has 0 N–H and O–H groups in total. The molecule has 7 heteroatoms. The molecule has 0 aliphatic rings. The quantitative estimate of drug-likeness (QED) is 0.639. The predicted molar refractivity (Wildman–Crippen MR) is 101 cm³/mol. The maximum atomic E-state index is 12.5. The molecule has 0 radical (unpaired) electrons. The van der Waals surface area contributed by atoms with Crippen LogP contribution in [0.3, 0.4) is 0 Å². The number of hydrogen-bond acceptors (Lipinski definition) is 6. The second-order valence-corrected chi connectivity index (χ2v) is 6.57. The number of rotatable bonds is 7. The van der Waals surface area contributed by atoms with E-state index in [0.717, 1.165) is 29.8 Å². The standard InChI is InChI=1S/C20H23N5O2/c1-14-11-19(27-24-14)17-12-22-15(2)23-18(17)13-25(3)20(26)6-4-5-16-7-9-21-10-8-16/h7-12H,4-6,13H2,1-3H3. The SMILES string of the molecule is Cc1cc(-c2cnc(C)nc2CN(C)C(=O)CCCc2ccncc2)on1. The Morgan fingerprint density at radius 2 is 2.00 bits per heavy atom. The molecule has 0 fully saturated rings. The number of carbonyl (C=O) groups excluding carboxylic acids is 1. The molecule has 0 atom stereocenters. The van der Waals surface area contributed by atoms with E-state index >= 15 is 0 Å². The summed E-state index contributed by atoms with van der Waals surface area (Å²) in [5.41, 5.74) is 3.49. The Hall–Kier alpha value is -3.09. The fraction of sp³-hybridized carbons (Fsp3) is 0.350. The van der Waals surface area contributed by atoms with Crippen molar-refractivity contribution in [3.63, 3.8) is 0 Å². The van der Waals surface area contributed by atoms with Gasteiger partial charge in [0.05, 0.1) is 23.5 Å². The van der Waals surface area contributed by atoms with Crippen LogP contribution in [0.1, 0.15) is 35.6 Å². The van der Waals surface area contributed by atoms with E-state index in [1.165, 1.54) is 5.56 Å². The van der Waals surface area contributed by atoms with Crippen molar-refractivity contribution < 1.29 is 9.32 Å². The first-order valence-electron chi connectivity index (χ1n) is 8.92. The largest absolute Gasteiger partial charge is 0.356 e. The molecule has 0 bridgehead atoms. The van der Waals surface area contributed by atoms with E-state index < -0.39 is 0 Å². The summed E-state index contributed by atoms with van der Waals surface area (Å²) in [6.07, 6.45) is 7.40. The Bertz CT molecular complexity index is 908. The minimum Gasteiger partial charge on any atom is -0.356 e. The lowest BCUT2D eigenvalue weighted by atomic mass is 10.1. The molecular formula is C20H23N5O2. The molecule has 27 heavy (non-hydrogen) atoms. The summed E-state index contributed by atoms with van der Waals surface area (Å²) < 4.78 is 5.35. The van der Waals surface area contributed by atoms with Gasteiger partial charge >= 0.3 is 0 Å². The minimum absolute atomic E-state index is 0.0834. The Labute approximate surface area is 158 Å². The Balaban J connectivity index is 1.63. The van der Waals surface area contributed by atoms with E-state index in [4.69, 9.17) is 4.52 Å². The zero-order chi connectivity index (χ0) is 19.2. The van der Waals surface area contributed by atoms with Crippen LogP contribution in [0.2, 0.25) is 0 Å². The molecule has 0 aromatic carbocycles. The monoisotopic (exact) mass is 365 g/mol. The number of aryl methyl sites for hydroxylation is 3. The summed E-state index contributed by atoms with van der Waals surface area (Å²) in [6, 6.07) is 5.79. The van der Waals surface area contributed by atoms with Gasteiger partial charge < -0.3 is 9.42 Å². The lowest BCUT2D eigenvalue weighted by Gasteiger charge is -2.18. The van der Waals surface area contributed by atoms with Crippen molar-refractivity contribution >= 4 is 5.91 Å². The summed E-state index contributed by atoms with van der Waals surface area (Å²) in [6.45, 7) is 4.09. The van der Waals surface area contributed by atoms with Crippen LogP contribution < -0.4 is 0 Å². The lowest BCUT2D eigenvalue weighted by Crippen LogP contribution is -2.27. The van der Waals surface area contributed by atoms with Gasteiger partial charge in [-0.3, -0.25) is 9.78 Å². The molecule has 3 rings (SSSR count). The molecule has 0 spiro atoms. The summed E-state index contributed by atoms with van der Waals surface area (Å²) >= 11 is 0. The highest BCUT2D eigenvalue weighted by molar-refractivity contribution is 5.76. The smallest absolute Gasteiger partial charge is 0.222 e. The molecule has 0 saturated heterocycles. The second-order valence-electron chi connectivity index (χ2n) is 6.57. The third-order valence-corrected chi connectivity index (χ3v) is 4.30. The van der Waals surface area contributed by atoms with Gasteiger partial charge in [0, 0.05) is 38.1 Å². The van der Waals surface area contributed by atoms with Crippen molar-refractivity contribution in [2.75, 3.05) is 7.05 Å². The molecule has 7 nitrogen and oxygen atoms in total. The van der Waals surface area contributed by atoms with Crippen LogP contribution in [-0.4, -0.2) is 38.0 Å². The fourth-order valence-electron chi connectivity index (χ4n) is 2.83. The van der Waals surface area contributed by atoms with Crippen molar-refractivity contribution in [3.8, 4) is 11.3 Å². The third-order valence-electron chi connectivity index (χ3n) is 4.30. The zero-order valence-corrected chi connectivity index (χ0v) is 15.8.